The van der Waals surface area contributed by atoms with Crippen LogP contribution >= 0.6 is 11.8 Å². The molecule has 0 aromatic rings. The van der Waals surface area contributed by atoms with Crippen LogP contribution in [-0.4, -0.2) is 53.2 Å². The standard InChI is InChI=1S/C10H20N2O2S/c11-9(10(13)14)3-7-15-8-6-12-4-1-2-5-12/h9H,1-8,11H2,(H,13,14). The number of rotatable bonds is 7. The molecule has 1 aliphatic heterocycles. The van der Waals surface area contributed by atoms with Crippen molar-refractivity contribution in [2.75, 3.05) is 31.1 Å². The Morgan fingerprint density at radius 2 is 2.07 bits per heavy atom. The molecule has 1 unspecified atom stereocenters. The molecule has 1 rings (SSSR count). The first-order valence-electron chi connectivity index (χ1n) is 5.48. The Morgan fingerprint density at radius 3 is 2.67 bits per heavy atom. The van der Waals surface area contributed by atoms with Crippen molar-refractivity contribution in [2.45, 2.75) is 25.3 Å². The number of carboxylic acids is 1. The second kappa shape index (κ2) is 7.09. The van der Waals surface area contributed by atoms with Gasteiger partial charge < -0.3 is 15.7 Å². The lowest BCUT2D eigenvalue weighted by Crippen LogP contribution is -2.30. The summed E-state index contributed by atoms with van der Waals surface area (Å²) in [6.45, 7) is 3.59. The minimum Gasteiger partial charge on any atom is -0.480 e. The number of carbonyl (C=O) groups is 1. The first-order valence-corrected chi connectivity index (χ1v) is 6.64. The molecule has 0 aromatic heterocycles. The van der Waals surface area contributed by atoms with E-state index in [9.17, 15) is 4.79 Å². The number of nitrogens with two attached hydrogens (primary N) is 1. The summed E-state index contributed by atoms with van der Waals surface area (Å²) >= 11 is 1.80. The highest BCUT2D eigenvalue weighted by Gasteiger charge is 2.12. The van der Waals surface area contributed by atoms with E-state index in [1.807, 2.05) is 0 Å². The maximum Gasteiger partial charge on any atom is 0.320 e. The van der Waals surface area contributed by atoms with Gasteiger partial charge in [-0.1, -0.05) is 0 Å². The monoisotopic (exact) mass is 232 g/mol. The average Bonchev–Trinajstić information content (AvgIpc) is 2.69. The lowest BCUT2D eigenvalue weighted by molar-refractivity contribution is -0.138. The van der Waals surface area contributed by atoms with Gasteiger partial charge in [-0.15, -0.1) is 0 Å². The Morgan fingerprint density at radius 1 is 1.40 bits per heavy atom. The predicted octanol–water partition coefficient (Wildman–Crippen LogP) is 0.617. The topological polar surface area (TPSA) is 66.6 Å². The second-order valence-corrected chi connectivity index (χ2v) is 5.12. The van der Waals surface area contributed by atoms with Crippen LogP contribution in [-0.2, 0) is 4.79 Å². The summed E-state index contributed by atoms with van der Waals surface area (Å²) in [5.74, 6) is 1.04. The van der Waals surface area contributed by atoms with Crippen molar-refractivity contribution in [3.63, 3.8) is 0 Å². The first kappa shape index (κ1) is 12.8. The van der Waals surface area contributed by atoms with Crippen LogP contribution in [0.15, 0.2) is 0 Å². The van der Waals surface area contributed by atoms with Crippen LogP contribution in [0, 0.1) is 0 Å². The zero-order chi connectivity index (χ0) is 11.1. The molecule has 0 aliphatic carbocycles. The van der Waals surface area contributed by atoms with Crippen molar-refractivity contribution >= 4 is 17.7 Å². The van der Waals surface area contributed by atoms with E-state index in [1.54, 1.807) is 11.8 Å². The van der Waals surface area contributed by atoms with Crippen molar-refractivity contribution in [1.29, 1.82) is 0 Å². The van der Waals surface area contributed by atoms with E-state index in [0.717, 1.165) is 18.1 Å². The molecule has 1 atom stereocenters. The van der Waals surface area contributed by atoms with Crippen LogP contribution in [0.4, 0.5) is 0 Å². The molecule has 1 saturated heterocycles. The average molecular weight is 232 g/mol. The highest BCUT2D eigenvalue weighted by Crippen LogP contribution is 2.10. The van der Waals surface area contributed by atoms with Crippen LogP contribution < -0.4 is 5.73 Å². The number of thioether (sulfide) groups is 1. The first-order chi connectivity index (χ1) is 7.20. The number of likely N-dealkylation sites (tertiary alicyclic amines) is 1. The number of carboxylic acid groups (broad SMARTS) is 1. The summed E-state index contributed by atoms with van der Waals surface area (Å²) in [6, 6.07) is -0.690. The van der Waals surface area contributed by atoms with Gasteiger partial charge in [-0.25, -0.2) is 0 Å². The van der Waals surface area contributed by atoms with Gasteiger partial charge in [-0.3, -0.25) is 4.79 Å². The molecule has 3 N–H and O–H groups in total. The molecule has 88 valence electrons. The van der Waals surface area contributed by atoms with Gasteiger partial charge in [0.15, 0.2) is 0 Å². The number of hydrogen-bond acceptors (Lipinski definition) is 4. The zero-order valence-electron chi connectivity index (χ0n) is 9.02. The summed E-state index contributed by atoms with van der Waals surface area (Å²) < 4.78 is 0. The van der Waals surface area contributed by atoms with Crippen LogP contribution in [0.25, 0.3) is 0 Å². The molecule has 0 spiro atoms. The number of hydrogen-bond donors (Lipinski definition) is 2. The third-order valence-corrected chi connectivity index (χ3v) is 3.64. The van der Waals surface area contributed by atoms with Gasteiger partial charge >= 0.3 is 5.97 Å². The SMILES string of the molecule is NC(CCSCCN1CCCC1)C(=O)O. The summed E-state index contributed by atoms with van der Waals surface area (Å²) in [4.78, 5) is 12.9. The van der Waals surface area contributed by atoms with Gasteiger partial charge in [-0.2, -0.15) is 11.8 Å². The normalized spacial score (nSPS) is 19.3. The lowest BCUT2D eigenvalue weighted by atomic mass is 10.2. The van der Waals surface area contributed by atoms with Gasteiger partial charge in [0, 0.05) is 12.3 Å². The molecule has 0 saturated carbocycles. The smallest absolute Gasteiger partial charge is 0.320 e. The van der Waals surface area contributed by atoms with Crippen molar-refractivity contribution < 1.29 is 9.90 Å². The molecule has 15 heavy (non-hydrogen) atoms. The van der Waals surface area contributed by atoms with Crippen molar-refractivity contribution in [2.24, 2.45) is 5.73 Å². The molecule has 4 nitrogen and oxygen atoms in total. The summed E-state index contributed by atoms with van der Waals surface area (Å²) in [5, 5.41) is 8.57. The van der Waals surface area contributed by atoms with Crippen LogP contribution in [0.2, 0.25) is 0 Å². The Kier molecular flexibility index (Phi) is 6.05. The van der Waals surface area contributed by atoms with Gasteiger partial charge in [0.05, 0.1) is 0 Å². The Balaban J connectivity index is 1.90. The quantitative estimate of drug-likeness (QED) is 0.630. The molecule has 1 aliphatic rings. The van der Waals surface area contributed by atoms with Crippen LogP contribution in [0.3, 0.4) is 0 Å². The van der Waals surface area contributed by atoms with E-state index in [1.165, 1.54) is 25.9 Å². The molecule has 0 aromatic carbocycles. The molecule has 0 radical (unpaired) electrons. The molecule has 1 heterocycles. The van der Waals surface area contributed by atoms with E-state index in [2.05, 4.69) is 4.90 Å². The van der Waals surface area contributed by atoms with E-state index < -0.39 is 12.0 Å². The summed E-state index contributed by atoms with van der Waals surface area (Å²) in [5.41, 5.74) is 5.40. The van der Waals surface area contributed by atoms with Gasteiger partial charge in [0.25, 0.3) is 0 Å². The third-order valence-electron chi connectivity index (χ3n) is 2.64. The van der Waals surface area contributed by atoms with Crippen LogP contribution in [0.1, 0.15) is 19.3 Å². The molecule has 0 bridgehead atoms. The lowest BCUT2D eigenvalue weighted by Gasteiger charge is -2.13. The fourth-order valence-electron chi connectivity index (χ4n) is 1.64. The molecule has 0 amide bonds. The van der Waals surface area contributed by atoms with E-state index in [-0.39, 0.29) is 0 Å². The van der Waals surface area contributed by atoms with E-state index >= 15 is 0 Å². The predicted molar refractivity (Wildman–Crippen MR) is 63.2 cm³/mol. The van der Waals surface area contributed by atoms with Gasteiger partial charge in [-0.05, 0) is 38.1 Å². The third kappa shape index (κ3) is 5.39. The fourth-order valence-corrected chi connectivity index (χ4v) is 2.65. The Bertz CT molecular complexity index is 196. The number of nitrogens with zero attached hydrogens (tertiary/aromatic N) is 1. The highest BCUT2D eigenvalue weighted by molar-refractivity contribution is 7.99. The minimum absolute atomic E-state index is 0.569. The van der Waals surface area contributed by atoms with Gasteiger partial charge in [0.2, 0.25) is 0 Å². The van der Waals surface area contributed by atoms with Crippen molar-refractivity contribution in [1.82, 2.24) is 4.90 Å². The van der Waals surface area contributed by atoms with E-state index in [4.69, 9.17) is 10.8 Å². The number of aliphatic carboxylic acids is 1. The summed E-state index contributed by atoms with van der Waals surface area (Å²) in [7, 11) is 0. The molecule has 5 heteroatoms. The maximum atomic E-state index is 10.4. The zero-order valence-corrected chi connectivity index (χ0v) is 9.84. The largest absolute Gasteiger partial charge is 0.480 e. The Labute approximate surface area is 95.2 Å². The van der Waals surface area contributed by atoms with E-state index in [0.29, 0.717) is 6.42 Å². The fraction of sp³-hybridized carbons (Fsp3) is 0.900. The van der Waals surface area contributed by atoms with Crippen LogP contribution in [0.5, 0.6) is 0 Å². The molecular weight excluding hydrogens is 212 g/mol. The highest BCUT2D eigenvalue weighted by atomic mass is 32.2. The summed E-state index contributed by atoms with van der Waals surface area (Å²) in [6.07, 6.45) is 3.23. The molecule has 1 fully saturated rings. The van der Waals surface area contributed by atoms with Crippen molar-refractivity contribution in [3.05, 3.63) is 0 Å². The second-order valence-electron chi connectivity index (χ2n) is 3.89. The minimum atomic E-state index is -0.893. The van der Waals surface area contributed by atoms with Gasteiger partial charge in [0.1, 0.15) is 6.04 Å². The van der Waals surface area contributed by atoms with Crippen molar-refractivity contribution in [3.8, 4) is 0 Å². The maximum absolute atomic E-state index is 10.4. The molecular formula is C10H20N2O2S. The Hall–Kier alpha value is -0.260.